The minimum absolute atomic E-state index is 0.0323. The van der Waals surface area contributed by atoms with Crippen molar-refractivity contribution in [3.05, 3.63) is 40.6 Å². The van der Waals surface area contributed by atoms with E-state index in [-0.39, 0.29) is 47.4 Å². The van der Waals surface area contributed by atoms with Crippen molar-refractivity contribution in [2.75, 3.05) is 27.6 Å². The molecule has 34 heavy (non-hydrogen) atoms. The lowest BCUT2D eigenvalue weighted by Crippen LogP contribution is -2.55. The van der Waals surface area contributed by atoms with E-state index in [1.807, 2.05) is 0 Å². The highest BCUT2D eigenvalue weighted by molar-refractivity contribution is 5.92. The Kier molecular flexibility index (Phi) is 5.70. The molecule has 3 N–H and O–H groups in total. The predicted octanol–water partition coefficient (Wildman–Crippen LogP) is 1.02. The van der Waals surface area contributed by atoms with Gasteiger partial charge in [0.1, 0.15) is 35.0 Å². The molecule has 4 unspecified atom stereocenters. The van der Waals surface area contributed by atoms with Crippen molar-refractivity contribution in [3.63, 3.8) is 0 Å². The molecule has 0 saturated carbocycles. The number of aliphatic hydroxyl groups excluding tert-OH is 3. The van der Waals surface area contributed by atoms with Crippen molar-refractivity contribution >= 4 is 11.0 Å². The van der Waals surface area contributed by atoms with Gasteiger partial charge >= 0.3 is 0 Å². The molecule has 0 radical (unpaired) electrons. The van der Waals surface area contributed by atoms with Gasteiger partial charge in [-0.25, -0.2) is 0 Å². The van der Waals surface area contributed by atoms with E-state index in [4.69, 9.17) is 32.8 Å². The number of hydrogen-bond donors (Lipinski definition) is 3. The zero-order chi connectivity index (χ0) is 24.0. The van der Waals surface area contributed by atoms with E-state index in [2.05, 4.69) is 0 Å². The van der Waals surface area contributed by atoms with E-state index in [1.54, 1.807) is 24.3 Å². The number of methoxy groups -OCH3 is 2. The Bertz CT molecular complexity index is 1270. The van der Waals surface area contributed by atoms with Crippen LogP contribution >= 0.6 is 0 Å². The average Bonchev–Trinajstić information content (AvgIpc) is 3.32. The maximum absolute atomic E-state index is 13.7. The summed E-state index contributed by atoms with van der Waals surface area (Å²) in [6.07, 6.45) is -5.90. The number of fused-ring (bicyclic) bond motifs is 2. The topological polar surface area (TPSA) is 146 Å². The van der Waals surface area contributed by atoms with Crippen LogP contribution in [0.25, 0.3) is 22.3 Å². The summed E-state index contributed by atoms with van der Waals surface area (Å²) in [5.74, 6) is 1.04. The Balaban J connectivity index is 1.71. The van der Waals surface area contributed by atoms with Crippen LogP contribution in [0.2, 0.25) is 0 Å². The number of ether oxygens (including phenoxy) is 6. The molecule has 3 heterocycles. The second-order valence-corrected chi connectivity index (χ2v) is 7.70. The van der Waals surface area contributed by atoms with Gasteiger partial charge in [-0.1, -0.05) is 0 Å². The van der Waals surface area contributed by atoms with Gasteiger partial charge in [-0.2, -0.15) is 0 Å². The highest BCUT2D eigenvalue weighted by atomic mass is 16.7. The predicted molar refractivity (Wildman–Crippen MR) is 116 cm³/mol. The number of aliphatic hydroxyl groups is 3. The van der Waals surface area contributed by atoms with E-state index in [1.165, 1.54) is 20.3 Å². The molecule has 2 aromatic carbocycles. The molecule has 11 heteroatoms. The molecule has 3 aromatic rings. The van der Waals surface area contributed by atoms with Gasteiger partial charge in [0.2, 0.25) is 30.0 Å². The second-order valence-electron chi connectivity index (χ2n) is 7.70. The van der Waals surface area contributed by atoms with Gasteiger partial charge < -0.3 is 48.2 Å². The Labute approximate surface area is 192 Å². The average molecular weight is 474 g/mol. The van der Waals surface area contributed by atoms with Crippen molar-refractivity contribution in [1.29, 1.82) is 0 Å². The van der Waals surface area contributed by atoms with Crippen molar-refractivity contribution < 1.29 is 48.2 Å². The fourth-order valence-corrected chi connectivity index (χ4v) is 3.89. The summed E-state index contributed by atoms with van der Waals surface area (Å²) in [7, 11) is 2.90. The molecule has 11 nitrogen and oxygen atoms in total. The van der Waals surface area contributed by atoms with E-state index in [0.29, 0.717) is 17.1 Å². The van der Waals surface area contributed by atoms with Gasteiger partial charge in [0.25, 0.3) is 0 Å². The van der Waals surface area contributed by atoms with Crippen LogP contribution in [0.5, 0.6) is 28.7 Å². The fourth-order valence-electron chi connectivity index (χ4n) is 3.89. The lowest BCUT2D eigenvalue weighted by Gasteiger charge is -2.34. The Hall–Kier alpha value is -3.51. The van der Waals surface area contributed by atoms with E-state index in [9.17, 15) is 20.1 Å². The molecule has 0 aliphatic carbocycles. The molecular formula is C23H22O11. The van der Waals surface area contributed by atoms with Gasteiger partial charge in [0.15, 0.2) is 17.3 Å². The maximum atomic E-state index is 13.7. The summed E-state index contributed by atoms with van der Waals surface area (Å²) in [6, 6.07) is 8.20. The molecule has 0 bridgehead atoms. The summed E-state index contributed by atoms with van der Waals surface area (Å²) in [4.78, 5) is 13.7. The quantitative estimate of drug-likeness (QED) is 0.487. The summed E-state index contributed by atoms with van der Waals surface area (Å²) < 4.78 is 38.7. The van der Waals surface area contributed by atoms with Crippen LogP contribution in [0.4, 0.5) is 0 Å². The molecular weight excluding hydrogens is 452 g/mol. The van der Waals surface area contributed by atoms with Gasteiger partial charge in [-0.15, -0.1) is 0 Å². The van der Waals surface area contributed by atoms with E-state index in [0.717, 1.165) is 0 Å². The Morgan fingerprint density at radius 1 is 0.971 bits per heavy atom. The van der Waals surface area contributed by atoms with Crippen LogP contribution in [0.1, 0.15) is 0 Å². The van der Waals surface area contributed by atoms with Crippen LogP contribution in [0.15, 0.2) is 39.5 Å². The Morgan fingerprint density at radius 3 is 2.44 bits per heavy atom. The molecule has 0 amide bonds. The number of benzene rings is 2. The Morgan fingerprint density at radius 2 is 1.74 bits per heavy atom. The third-order valence-electron chi connectivity index (χ3n) is 5.68. The SMILES string of the molecule is COc1ccc(-c2oc3cc4c(c(OC)c3c(=O)c2OC2OCC(O)C(O)C2O)OCO4)cc1. The number of rotatable bonds is 5. The molecule has 4 atom stereocenters. The smallest absolute Gasteiger partial charge is 0.239 e. The second kappa shape index (κ2) is 8.69. The lowest BCUT2D eigenvalue weighted by atomic mass is 10.1. The fraction of sp³-hybridized carbons (Fsp3) is 0.348. The normalized spacial score (nSPS) is 23.7. The van der Waals surface area contributed by atoms with Crippen molar-refractivity contribution in [1.82, 2.24) is 0 Å². The molecule has 2 aliphatic heterocycles. The minimum atomic E-state index is -1.62. The van der Waals surface area contributed by atoms with Gasteiger partial charge in [0.05, 0.1) is 20.8 Å². The van der Waals surface area contributed by atoms with E-state index >= 15 is 0 Å². The van der Waals surface area contributed by atoms with Crippen LogP contribution in [0, 0.1) is 0 Å². The van der Waals surface area contributed by atoms with Gasteiger partial charge in [0, 0.05) is 11.6 Å². The first-order valence-electron chi connectivity index (χ1n) is 10.4. The van der Waals surface area contributed by atoms with Crippen molar-refractivity contribution in [2.24, 2.45) is 0 Å². The summed E-state index contributed by atoms with van der Waals surface area (Å²) in [6.45, 7) is -0.352. The third kappa shape index (κ3) is 3.59. The largest absolute Gasteiger partial charge is 0.497 e. The highest BCUT2D eigenvalue weighted by Gasteiger charge is 2.40. The summed E-state index contributed by atoms with van der Waals surface area (Å²) in [5, 5.41) is 30.2. The summed E-state index contributed by atoms with van der Waals surface area (Å²) >= 11 is 0. The first-order valence-corrected chi connectivity index (χ1v) is 10.4. The van der Waals surface area contributed by atoms with Crippen LogP contribution in [-0.4, -0.2) is 67.5 Å². The monoisotopic (exact) mass is 474 g/mol. The minimum Gasteiger partial charge on any atom is -0.497 e. The van der Waals surface area contributed by atoms with Crippen LogP contribution in [-0.2, 0) is 4.74 Å². The molecule has 180 valence electrons. The third-order valence-corrected chi connectivity index (χ3v) is 5.68. The molecule has 0 spiro atoms. The van der Waals surface area contributed by atoms with Crippen LogP contribution < -0.4 is 29.1 Å². The first-order chi connectivity index (χ1) is 16.4. The van der Waals surface area contributed by atoms with Gasteiger partial charge in [-0.05, 0) is 24.3 Å². The zero-order valence-electron chi connectivity index (χ0n) is 18.2. The highest BCUT2D eigenvalue weighted by Crippen LogP contribution is 2.47. The zero-order valence-corrected chi connectivity index (χ0v) is 18.2. The lowest BCUT2D eigenvalue weighted by molar-refractivity contribution is -0.242. The van der Waals surface area contributed by atoms with E-state index < -0.39 is 30.0 Å². The molecule has 1 aromatic heterocycles. The van der Waals surface area contributed by atoms with Crippen molar-refractivity contribution in [3.8, 4) is 40.1 Å². The molecule has 5 rings (SSSR count). The molecule has 1 fully saturated rings. The standard InChI is InChI=1S/C23H22O11/c1-28-11-5-3-10(4-6-11)19-22(34-23-18(27)16(25)12(24)8-30-23)17(26)15-13(33-19)7-14-20(21(15)29-2)32-9-31-14/h3-7,12,16,18,23-25,27H,8-9H2,1-2H3. The van der Waals surface area contributed by atoms with Gasteiger partial charge in [-0.3, -0.25) is 4.79 Å². The first kappa shape index (κ1) is 22.3. The molecule has 1 saturated heterocycles. The molecule has 2 aliphatic rings. The van der Waals surface area contributed by atoms with Crippen LogP contribution in [0.3, 0.4) is 0 Å². The maximum Gasteiger partial charge on any atom is 0.239 e. The van der Waals surface area contributed by atoms with Crippen molar-refractivity contribution in [2.45, 2.75) is 24.6 Å². The summed E-state index contributed by atoms with van der Waals surface area (Å²) in [5.41, 5.74) is 0.000724. The number of hydrogen-bond acceptors (Lipinski definition) is 11.